The van der Waals surface area contributed by atoms with E-state index in [1.165, 1.54) is 6.92 Å². The zero-order valence-electron chi connectivity index (χ0n) is 27.5. The Labute approximate surface area is 267 Å². The summed E-state index contributed by atoms with van der Waals surface area (Å²) in [5.41, 5.74) is 0. The zero-order chi connectivity index (χ0) is 33.6. The average molecular weight is 649 g/mol. The second-order valence-electron chi connectivity index (χ2n) is 11.5. The molecule has 0 saturated carbocycles. The molecule has 0 aliphatic carbocycles. The molecule has 45 heavy (non-hydrogen) atoms. The predicted molar refractivity (Wildman–Crippen MR) is 162 cm³/mol. The Balaban J connectivity index is 3.25. The van der Waals surface area contributed by atoms with Crippen molar-refractivity contribution in [2.45, 2.75) is 161 Å². The van der Waals surface area contributed by atoms with Crippen molar-refractivity contribution in [3.63, 3.8) is 0 Å². The molecule has 1 heterocycles. The van der Waals surface area contributed by atoms with Gasteiger partial charge in [0.15, 0.2) is 24.6 Å². The van der Waals surface area contributed by atoms with Crippen LogP contribution in [0.5, 0.6) is 0 Å². The molecule has 3 N–H and O–H groups in total. The van der Waals surface area contributed by atoms with Crippen molar-refractivity contribution in [3.8, 4) is 0 Å². The molecule has 13 heteroatoms. The summed E-state index contributed by atoms with van der Waals surface area (Å²) in [7, 11) is 0. The normalized spacial score (nSPS) is 22.7. The van der Waals surface area contributed by atoms with Gasteiger partial charge >= 0.3 is 23.9 Å². The number of carbonyl (C=O) groups is 4. The van der Waals surface area contributed by atoms with E-state index in [9.17, 15) is 34.5 Å². The van der Waals surface area contributed by atoms with Gasteiger partial charge in [-0.25, -0.2) is 0 Å². The molecule has 0 aromatic rings. The van der Waals surface area contributed by atoms with Crippen LogP contribution in [-0.4, -0.2) is 102 Å². The first-order valence-electron chi connectivity index (χ1n) is 16.5. The molecule has 7 atom stereocenters. The van der Waals surface area contributed by atoms with Gasteiger partial charge in [-0.1, -0.05) is 78.1 Å². The number of ether oxygens (including phenoxy) is 6. The number of hydrogen-bond donors (Lipinski definition) is 3. The lowest BCUT2D eigenvalue weighted by Crippen LogP contribution is -2.63. The smallest absolute Gasteiger partial charge is 0.306 e. The third-order valence-corrected chi connectivity index (χ3v) is 7.41. The fourth-order valence-electron chi connectivity index (χ4n) is 4.89. The van der Waals surface area contributed by atoms with Crippen LogP contribution in [0.1, 0.15) is 118 Å². The quantitative estimate of drug-likeness (QED) is 0.0788. The van der Waals surface area contributed by atoms with E-state index in [4.69, 9.17) is 28.4 Å². The third kappa shape index (κ3) is 17.2. The summed E-state index contributed by atoms with van der Waals surface area (Å²) in [5, 5.41) is 29.2. The molecule has 0 radical (unpaired) electrons. The Morgan fingerprint density at radius 3 is 1.67 bits per heavy atom. The fourth-order valence-corrected chi connectivity index (χ4v) is 4.89. The second kappa shape index (κ2) is 23.9. The van der Waals surface area contributed by atoms with E-state index in [1.807, 2.05) is 0 Å². The Morgan fingerprint density at radius 1 is 0.667 bits per heavy atom. The summed E-state index contributed by atoms with van der Waals surface area (Å²) in [5.74, 6) is -2.64. The van der Waals surface area contributed by atoms with E-state index in [0.717, 1.165) is 71.1 Å². The number of unbranched alkanes of at least 4 members (excludes halogenated alkanes) is 10. The van der Waals surface area contributed by atoms with Crippen LogP contribution in [0, 0.1) is 0 Å². The molecule has 0 aromatic carbocycles. The van der Waals surface area contributed by atoms with Crippen molar-refractivity contribution in [1.29, 1.82) is 0 Å². The van der Waals surface area contributed by atoms with E-state index in [1.54, 1.807) is 0 Å². The minimum absolute atomic E-state index is 0.0642. The fraction of sp³-hybridized carbons (Fsp3) is 0.875. The summed E-state index contributed by atoms with van der Waals surface area (Å²) in [6.45, 7) is 4.83. The summed E-state index contributed by atoms with van der Waals surface area (Å²) < 4.78 is 33.8. The van der Waals surface area contributed by atoms with Crippen molar-refractivity contribution in [1.82, 2.24) is 0 Å². The lowest BCUT2D eigenvalue weighted by molar-refractivity contribution is -0.312. The third-order valence-electron chi connectivity index (χ3n) is 7.41. The molecule has 1 aliphatic heterocycles. The van der Waals surface area contributed by atoms with E-state index in [-0.39, 0.29) is 12.8 Å². The SMILES string of the molecule is CCCCCCCCC(=O)O[C@@H]1[C@H](OC(=O)CCCCCCCC)[C@H](OC[C@H](O)[C@H](O)CO)O[C@H](COC(C)=O)[C@H]1OC(C)=O. The number of hydrogen-bond acceptors (Lipinski definition) is 13. The molecule has 1 aliphatic rings. The lowest BCUT2D eigenvalue weighted by atomic mass is 9.97. The summed E-state index contributed by atoms with van der Waals surface area (Å²) >= 11 is 0. The first kappa shape index (κ1) is 40.7. The molecule has 1 fully saturated rings. The molecule has 0 aromatic heterocycles. The molecule has 0 bridgehead atoms. The lowest BCUT2D eigenvalue weighted by Gasteiger charge is -2.44. The largest absolute Gasteiger partial charge is 0.463 e. The maximum Gasteiger partial charge on any atom is 0.306 e. The van der Waals surface area contributed by atoms with Gasteiger partial charge in [-0.2, -0.15) is 0 Å². The first-order valence-corrected chi connectivity index (χ1v) is 16.5. The Hall–Kier alpha value is -2.32. The molecule has 0 spiro atoms. The van der Waals surface area contributed by atoms with Crippen molar-refractivity contribution in [2.75, 3.05) is 19.8 Å². The van der Waals surface area contributed by atoms with Crippen LogP contribution >= 0.6 is 0 Å². The van der Waals surface area contributed by atoms with Gasteiger partial charge in [-0.15, -0.1) is 0 Å². The molecule has 0 amide bonds. The Bertz CT molecular complexity index is 851. The number of carbonyl (C=O) groups excluding carboxylic acids is 4. The summed E-state index contributed by atoms with van der Waals surface area (Å²) in [6, 6.07) is 0. The Morgan fingerprint density at radius 2 is 1.18 bits per heavy atom. The second-order valence-corrected chi connectivity index (χ2v) is 11.5. The molecule has 262 valence electrons. The van der Waals surface area contributed by atoms with E-state index in [2.05, 4.69) is 13.8 Å². The number of aliphatic hydroxyl groups excluding tert-OH is 3. The minimum Gasteiger partial charge on any atom is -0.463 e. The van der Waals surface area contributed by atoms with Gasteiger partial charge in [0, 0.05) is 26.7 Å². The topological polar surface area (TPSA) is 184 Å². The van der Waals surface area contributed by atoms with Crippen LogP contribution in [0.15, 0.2) is 0 Å². The van der Waals surface area contributed by atoms with Crippen molar-refractivity contribution in [3.05, 3.63) is 0 Å². The summed E-state index contributed by atoms with van der Waals surface area (Å²) in [4.78, 5) is 49.9. The highest BCUT2D eigenvalue weighted by atomic mass is 16.7. The molecule has 0 unspecified atom stereocenters. The van der Waals surface area contributed by atoms with Gasteiger partial charge in [-0.05, 0) is 12.8 Å². The molecule has 13 nitrogen and oxygen atoms in total. The van der Waals surface area contributed by atoms with Crippen LogP contribution in [0.3, 0.4) is 0 Å². The van der Waals surface area contributed by atoms with E-state index >= 15 is 0 Å². The van der Waals surface area contributed by atoms with Crippen LogP contribution in [0.2, 0.25) is 0 Å². The highest BCUT2D eigenvalue weighted by Gasteiger charge is 2.53. The van der Waals surface area contributed by atoms with Crippen LogP contribution < -0.4 is 0 Å². The zero-order valence-corrected chi connectivity index (χ0v) is 27.5. The van der Waals surface area contributed by atoms with E-state index < -0.39 is 86.6 Å². The van der Waals surface area contributed by atoms with Gasteiger partial charge in [0.1, 0.15) is 24.9 Å². The highest BCUT2D eigenvalue weighted by Crippen LogP contribution is 2.31. The number of rotatable bonds is 24. The summed E-state index contributed by atoms with van der Waals surface area (Å²) in [6.07, 6.45) is 1.41. The molecular formula is C32H56O13. The van der Waals surface area contributed by atoms with Crippen molar-refractivity contribution in [2.24, 2.45) is 0 Å². The van der Waals surface area contributed by atoms with Gasteiger partial charge < -0.3 is 43.7 Å². The maximum absolute atomic E-state index is 13.1. The number of aliphatic hydroxyl groups is 3. The van der Waals surface area contributed by atoms with Crippen molar-refractivity contribution < 1.29 is 62.9 Å². The van der Waals surface area contributed by atoms with Crippen LogP contribution in [-0.2, 0) is 47.6 Å². The minimum atomic E-state index is -1.54. The maximum atomic E-state index is 13.1. The van der Waals surface area contributed by atoms with Crippen LogP contribution in [0.4, 0.5) is 0 Å². The monoisotopic (exact) mass is 648 g/mol. The van der Waals surface area contributed by atoms with Crippen molar-refractivity contribution >= 4 is 23.9 Å². The number of esters is 4. The van der Waals surface area contributed by atoms with Gasteiger partial charge in [0.05, 0.1) is 13.2 Å². The van der Waals surface area contributed by atoms with Gasteiger partial charge in [0.2, 0.25) is 0 Å². The van der Waals surface area contributed by atoms with Crippen LogP contribution in [0.25, 0.3) is 0 Å². The Kier molecular flexibility index (Phi) is 21.7. The predicted octanol–water partition coefficient (Wildman–Crippen LogP) is 3.26. The van der Waals surface area contributed by atoms with Gasteiger partial charge in [0.25, 0.3) is 0 Å². The first-order chi connectivity index (χ1) is 21.5. The van der Waals surface area contributed by atoms with E-state index in [0.29, 0.717) is 12.8 Å². The average Bonchev–Trinajstić information content (AvgIpc) is 3.00. The molecule has 1 rings (SSSR count). The molecule has 1 saturated heterocycles. The van der Waals surface area contributed by atoms with Gasteiger partial charge in [-0.3, -0.25) is 19.2 Å². The molecular weight excluding hydrogens is 592 g/mol. The highest BCUT2D eigenvalue weighted by molar-refractivity contribution is 5.71. The standard InChI is InChI=1S/C32H56O13/c1-5-7-9-11-13-15-17-27(38)44-30-29(42-23(4)35)26(21-40-22(3)34)43-32(41-20-25(37)24(36)19-33)31(30)45-28(39)18-16-14-12-10-8-6-2/h24-26,29-33,36-37H,5-21H2,1-4H3/t24-,25+,26-,29-,30+,31+,32-/m1/s1.